The number of hydrogen-bond donors (Lipinski definition) is 1. The molecule has 0 saturated carbocycles. The van der Waals surface area contributed by atoms with Gasteiger partial charge in [-0.05, 0) is 18.9 Å². The number of nitrogens with zero attached hydrogens (tertiary/aromatic N) is 2. The van der Waals surface area contributed by atoms with Crippen molar-refractivity contribution in [2.24, 2.45) is 0 Å². The van der Waals surface area contributed by atoms with E-state index in [0.29, 0.717) is 31.1 Å². The van der Waals surface area contributed by atoms with Crippen LogP contribution < -0.4 is 5.32 Å². The van der Waals surface area contributed by atoms with Crippen molar-refractivity contribution in [3.63, 3.8) is 0 Å². The number of benzene rings is 2. The Bertz CT molecular complexity index is 810. The molecule has 0 spiro atoms. The first-order chi connectivity index (χ1) is 12.2. The summed E-state index contributed by atoms with van der Waals surface area (Å²) >= 11 is 0. The number of nitrogens with one attached hydrogen (secondary N) is 1. The third kappa shape index (κ3) is 5.01. The minimum absolute atomic E-state index is 0.00832. The average Bonchev–Trinajstić information content (AvgIpc) is 3.10. The molecule has 2 aromatic carbocycles. The van der Waals surface area contributed by atoms with Crippen LogP contribution in [0.1, 0.15) is 23.4 Å². The van der Waals surface area contributed by atoms with E-state index in [2.05, 4.69) is 27.6 Å². The van der Waals surface area contributed by atoms with E-state index in [1.807, 2.05) is 49.4 Å². The lowest BCUT2D eigenvalue weighted by molar-refractivity contribution is -0.121. The predicted molar refractivity (Wildman–Crippen MR) is 95.9 cm³/mol. The van der Waals surface area contributed by atoms with Crippen LogP contribution in [0.3, 0.4) is 0 Å². The van der Waals surface area contributed by atoms with Gasteiger partial charge in [0.05, 0.1) is 0 Å². The van der Waals surface area contributed by atoms with Gasteiger partial charge in [-0.3, -0.25) is 4.79 Å². The van der Waals surface area contributed by atoms with Crippen LogP contribution in [0.25, 0.3) is 11.4 Å². The summed E-state index contributed by atoms with van der Waals surface area (Å²) < 4.78 is 5.23. The minimum atomic E-state index is -0.00832. The standard InChI is InChI=1S/C20H21N3O2/c1-15-7-9-17(10-8-15)20-22-19(25-23-20)12-11-18(24)21-14-13-16-5-3-2-4-6-16/h2-10H,11-14H2,1H3,(H,21,24). The summed E-state index contributed by atoms with van der Waals surface area (Å²) in [6.45, 7) is 2.66. The zero-order valence-corrected chi connectivity index (χ0v) is 14.2. The number of aromatic nitrogens is 2. The zero-order chi connectivity index (χ0) is 17.5. The highest BCUT2D eigenvalue weighted by Crippen LogP contribution is 2.16. The number of aryl methyl sites for hydroxylation is 2. The third-order valence-electron chi connectivity index (χ3n) is 3.92. The van der Waals surface area contributed by atoms with Crippen LogP contribution in [0.4, 0.5) is 0 Å². The molecule has 5 nitrogen and oxygen atoms in total. The summed E-state index contributed by atoms with van der Waals surface area (Å²) in [4.78, 5) is 16.3. The summed E-state index contributed by atoms with van der Waals surface area (Å²) in [6.07, 6.45) is 1.60. The Morgan fingerprint density at radius 1 is 1.04 bits per heavy atom. The van der Waals surface area contributed by atoms with Crippen LogP contribution in [0.15, 0.2) is 59.1 Å². The molecule has 5 heteroatoms. The SMILES string of the molecule is Cc1ccc(-c2noc(CCC(=O)NCCc3ccccc3)n2)cc1. The fraction of sp³-hybridized carbons (Fsp3) is 0.250. The van der Waals surface area contributed by atoms with Crippen molar-refractivity contribution in [3.8, 4) is 11.4 Å². The molecule has 0 bridgehead atoms. The molecule has 128 valence electrons. The van der Waals surface area contributed by atoms with Crippen molar-refractivity contribution in [2.45, 2.75) is 26.2 Å². The van der Waals surface area contributed by atoms with Gasteiger partial charge in [0.25, 0.3) is 0 Å². The van der Waals surface area contributed by atoms with E-state index in [-0.39, 0.29) is 5.91 Å². The molecule has 3 rings (SSSR count). The summed E-state index contributed by atoms with van der Waals surface area (Å²) in [5, 5.41) is 6.90. The van der Waals surface area contributed by atoms with Gasteiger partial charge in [0.1, 0.15) is 0 Å². The lowest BCUT2D eigenvalue weighted by atomic mass is 10.1. The van der Waals surface area contributed by atoms with Crippen molar-refractivity contribution in [1.82, 2.24) is 15.5 Å². The Balaban J connectivity index is 1.44. The molecule has 0 unspecified atom stereocenters. The van der Waals surface area contributed by atoms with Gasteiger partial charge in [0, 0.05) is 24.9 Å². The maximum atomic E-state index is 11.9. The summed E-state index contributed by atoms with van der Waals surface area (Å²) in [7, 11) is 0. The average molecular weight is 335 g/mol. The monoisotopic (exact) mass is 335 g/mol. The Labute approximate surface area is 147 Å². The van der Waals surface area contributed by atoms with Crippen molar-refractivity contribution >= 4 is 5.91 Å². The summed E-state index contributed by atoms with van der Waals surface area (Å²) in [6, 6.07) is 18.0. The summed E-state index contributed by atoms with van der Waals surface area (Å²) in [5.41, 5.74) is 3.30. The van der Waals surface area contributed by atoms with E-state index in [0.717, 1.165) is 12.0 Å². The molecule has 0 atom stereocenters. The molecule has 1 amide bonds. The fourth-order valence-electron chi connectivity index (χ4n) is 2.48. The molecule has 0 aliphatic heterocycles. The molecule has 25 heavy (non-hydrogen) atoms. The lowest BCUT2D eigenvalue weighted by Crippen LogP contribution is -2.25. The van der Waals surface area contributed by atoms with Crippen molar-refractivity contribution < 1.29 is 9.32 Å². The molecule has 1 aromatic heterocycles. The maximum Gasteiger partial charge on any atom is 0.227 e. The number of hydrogen-bond acceptors (Lipinski definition) is 4. The minimum Gasteiger partial charge on any atom is -0.356 e. The largest absolute Gasteiger partial charge is 0.356 e. The number of rotatable bonds is 7. The molecule has 3 aromatic rings. The Kier molecular flexibility index (Phi) is 5.57. The zero-order valence-electron chi connectivity index (χ0n) is 14.2. The van der Waals surface area contributed by atoms with Crippen LogP contribution in [0.2, 0.25) is 0 Å². The van der Waals surface area contributed by atoms with Crippen molar-refractivity contribution in [1.29, 1.82) is 0 Å². The smallest absolute Gasteiger partial charge is 0.227 e. The van der Waals surface area contributed by atoms with Gasteiger partial charge in [-0.25, -0.2) is 0 Å². The molecule has 0 fully saturated rings. The lowest BCUT2D eigenvalue weighted by Gasteiger charge is -2.04. The fourth-order valence-corrected chi connectivity index (χ4v) is 2.48. The molecule has 1 N–H and O–H groups in total. The third-order valence-corrected chi connectivity index (χ3v) is 3.92. The second-order valence-electron chi connectivity index (χ2n) is 5.96. The van der Waals surface area contributed by atoms with Crippen LogP contribution in [-0.4, -0.2) is 22.6 Å². The van der Waals surface area contributed by atoms with Crippen LogP contribution in [-0.2, 0) is 17.6 Å². The normalized spacial score (nSPS) is 10.6. The number of amides is 1. The van der Waals surface area contributed by atoms with Gasteiger partial charge in [0.2, 0.25) is 17.6 Å². The van der Waals surface area contributed by atoms with E-state index in [1.54, 1.807) is 0 Å². The molecule has 0 radical (unpaired) electrons. The number of carbonyl (C=O) groups is 1. The van der Waals surface area contributed by atoms with Gasteiger partial charge >= 0.3 is 0 Å². The van der Waals surface area contributed by atoms with E-state index in [1.165, 1.54) is 11.1 Å². The second-order valence-corrected chi connectivity index (χ2v) is 5.96. The highest BCUT2D eigenvalue weighted by Gasteiger charge is 2.10. The molecule has 0 aliphatic rings. The van der Waals surface area contributed by atoms with Gasteiger partial charge in [0.15, 0.2) is 0 Å². The second kappa shape index (κ2) is 8.24. The van der Waals surface area contributed by atoms with Crippen LogP contribution >= 0.6 is 0 Å². The van der Waals surface area contributed by atoms with Gasteiger partial charge < -0.3 is 9.84 Å². The molecule has 1 heterocycles. The predicted octanol–water partition coefficient (Wildman–Crippen LogP) is 3.34. The van der Waals surface area contributed by atoms with E-state index < -0.39 is 0 Å². The number of carbonyl (C=O) groups excluding carboxylic acids is 1. The van der Waals surface area contributed by atoms with Crippen LogP contribution in [0, 0.1) is 6.92 Å². The van der Waals surface area contributed by atoms with E-state index in [4.69, 9.17) is 4.52 Å². The Hall–Kier alpha value is -2.95. The molecule has 0 aliphatic carbocycles. The van der Waals surface area contributed by atoms with Crippen molar-refractivity contribution in [3.05, 3.63) is 71.6 Å². The first-order valence-corrected chi connectivity index (χ1v) is 8.41. The quantitative estimate of drug-likeness (QED) is 0.719. The van der Waals surface area contributed by atoms with Crippen LogP contribution in [0.5, 0.6) is 0 Å². The first kappa shape index (κ1) is 16.9. The first-order valence-electron chi connectivity index (χ1n) is 8.41. The van der Waals surface area contributed by atoms with E-state index >= 15 is 0 Å². The maximum absolute atomic E-state index is 11.9. The van der Waals surface area contributed by atoms with Gasteiger partial charge in [-0.1, -0.05) is 65.3 Å². The molecular weight excluding hydrogens is 314 g/mol. The van der Waals surface area contributed by atoms with Crippen molar-refractivity contribution in [2.75, 3.05) is 6.54 Å². The van der Waals surface area contributed by atoms with Gasteiger partial charge in [-0.15, -0.1) is 0 Å². The molecule has 0 saturated heterocycles. The van der Waals surface area contributed by atoms with Gasteiger partial charge in [-0.2, -0.15) is 4.98 Å². The Morgan fingerprint density at radius 2 is 1.80 bits per heavy atom. The highest BCUT2D eigenvalue weighted by atomic mass is 16.5. The Morgan fingerprint density at radius 3 is 2.56 bits per heavy atom. The van der Waals surface area contributed by atoms with E-state index in [9.17, 15) is 4.79 Å². The topological polar surface area (TPSA) is 68.0 Å². The molecular formula is C20H21N3O2. The summed E-state index contributed by atoms with van der Waals surface area (Å²) in [5.74, 6) is 1.03. The highest BCUT2D eigenvalue weighted by molar-refractivity contribution is 5.76.